The molecule has 0 spiro atoms. The fourth-order valence-electron chi connectivity index (χ4n) is 2.44. The average Bonchev–Trinajstić information content (AvgIpc) is 2.80. The van der Waals surface area contributed by atoms with Crippen molar-refractivity contribution in [2.75, 3.05) is 20.3 Å². The van der Waals surface area contributed by atoms with Crippen molar-refractivity contribution in [1.29, 1.82) is 0 Å². The third kappa shape index (κ3) is 3.54. The Morgan fingerprint density at radius 1 is 1.37 bits per heavy atom. The lowest BCUT2D eigenvalue weighted by Gasteiger charge is -2.27. The molecule has 104 valence electrons. The van der Waals surface area contributed by atoms with Crippen molar-refractivity contribution in [3.05, 3.63) is 35.2 Å². The molecule has 0 fully saturated rings. The number of benzene rings is 1. The maximum absolute atomic E-state index is 10.7. The zero-order valence-electron chi connectivity index (χ0n) is 11.3. The van der Waals surface area contributed by atoms with E-state index in [1.165, 1.54) is 15.6 Å². The smallest absolute Gasteiger partial charge is 0.0921 e. The first-order chi connectivity index (χ1) is 9.18. The second-order valence-electron chi connectivity index (χ2n) is 4.98. The summed E-state index contributed by atoms with van der Waals surface area (Å²) in [6.07, 6.45) is 2.09. The molecule has 1 aromatic carbocycles. The third-order valence-corrected chi connectivity index (χ3v) is 4.35. The lowest BCUT2D eigenvalue weighted by Crippen LogP contribution is -2.37. The largest absolute Gasteiger partial charge is 0.387 e. The molecule has 0 aliphatic carbocycles. The molecule has 4 heteroatoms. The normalized spacial score (nSPS) is 14.7. The van der Waals surface area contributed by atoms with Gasteiger partial charge in [0.15, 0.2) is 0 Å². The van der Waals surface area contributed by atoms with Crippen molar-refractivity contribution in [3.63, 3.8) is 0 Å². The Morgan fingerprint density at radius 2 is 2.16 bits per heavy atom. The summed E-state index contributed by atoms with van der Waals surface area (Å²) in [7, 11) is 1.62. The molecule has 0 bridgehead atoms. The minimum atomic E-state index is -0.821. The molecule has 2 rings (SSSR count). The molecule has 1 atom stereocenters. The van der Waals surface area contributed by atoms with Gasteiger partial charge in [-0.15, -0.1) is 11.3 Å². The van der Waals surface area contributed by atoms with Crippen molar-refractivity contribution in [1.82, 2.24) is 0 Å². The van der Waals surface area contributed by atoms with Crippen LogP contribution in [0.4, 0.5) is 0 Å². The average molecular weight is 279 g/mol. The molecule has 1 unspecified atom stereocenters. The van der Waals surface area contributed by atoms with Crippen LogP contribution in [-0.2, 0) is 11.2 Å². The first-order valence-electron chi connectivity index (χ1n) is 6.55. The molecule has 3 N–H and O–H groups in total. The van der Waals surface area contributed by atoms with E-state index < -0.39 is 5.60 Å². The number of methoxy groups -OCH3 is 1. The Morgan fingerprint density at radius 3 is 2.89 bits per heavy atom. The van der Waals surface area contributed by atoms with Gasteiger partial charge in [-0.25, -0.2) is 0 Å². The van der Waals surface area contributed by atoms with Crippen molar-refractivity contribution in [2.24, 2.45) is 5.73 Å². The van der Waals surface area contributed by atoms with Crippen LogP contribution in [0, 0.1) is 0 Å². The maximum Gasteiger partial charge on any atom is 0.0921 e. The molecule has 19 heavy (non-hydrogen) atoms. The van der Waals surface area contributed by atoms with Crippen molar-refractivity contribution in [2.45, 2.75) is 24.9 Å². The number of aliphatic hydroxyl groups is 1. The molecular weight excluding hydrogens is 258 g/mol. The van der Waals surface area contributed by atoms with E-state index in [2.05, 4.69) is 17.5 Å². The zero-order valence-corrected chi connectivity index (χ0v) is 12.1. The number of ether oxygens (including phenoxy) is 1. The summed E-state index contributed by atoms with van der Waals surface area (Å²) in [5, 5.41) is 14.1. The summed E-state index contributed by atoms with van der Waals surface area (Å²) < 4.78 is 6.44. The maximum atomic E-state index is 10.7. The van der Waals surface area contributed by atoms with Crippen LogP contribution in [0.5, 0.6) is 0 Å². The lowest BCUT2D eigenvalue weighted by molar-refractivity contribution is -0.0372. The third-order valence-electron chi connectivity index (χ3n) is 3.34. The molecule has 1 aromatic heterocycles. The predicted octanol–water partition coefficient (Wildman–Crippen LogP) is 2.56. The minimum Gasteiger partial charge on any atom is -0.387 e. The highest BCUT2D eigenvalue weighted by molar-refractivity contribution is 7.17. The Hall–Kier alpha value is -0.940. The standard InChI is InChI=1S/C15H21NO2S/c1-18-11-15(17,7-4-8-16)9-12-10-19-14-6-3-2-5-13(12)14/h2-3,5-6,10,17H,4,7-9,11,16H2,1H3. The second-order valence-corrected chi connectivity index (χ2v) is 5.89. The number of hydrogen-bond acceptors (Lipinski definition) is 4. The van der Waals surface area contributed by atoms with Crippen LogP contribution in [0.3, 0.4) is 0 Å². The summed E-state index contributed by atoms with van der Waals surface area (Å²) in [6.45, 7) is 0.938. The molecule has 0 radical (unpaired) electrons. The van der Waals surface area contributed by atoms with Gasteiger partial charge < -0.3 is 15.6 Å². The molecule has 0 saturated carbocycles. The number of nitrogens with two attached hydrogens (primary N) is 1. The molecule has 2 aromatic rings. The molecular formula is C15H21NO2S. The van der Waals surface area contributed by atoms with Crippen LogP contribution in [0.15, 0.2) is 29.6 Å². The van der Waals surface area contributed by atoms with Gasteiger partial charge in [-0.3, -0.25) is 0 Å². The molecule has 0 saturated heterocycles. The number of thiophene rings is 1. The molecule has 1 heterocycles. The summed E-state index contributed by atoms with van der Waals surface area (Å²) in [4.78, 5) is 0. The van der Waals surface area contributed by atoms with Crippen LogP contribution in [0.2, 0.25) is 0 Å². The second kappa shape index (κ2) is 6.48. The van der Waals surface area contributed by atoms with E-state index in [4.69, 9.17) is 10.5 Å². The topological polar surface area (TPSA) is 55.5 Å². The highest BCUT2D eigenvalue weighted by Crippen LogP contribution is 2.30. The highest BCUT2D eigenvalue weighted by atomic mass is 32.1. The van der Waals surface area contributed by atoms with Crippen LogP contribution in [0.1, 0.15) is 18.4 Å². The lowest BCUT2D eigenvalue weighted by atomic mass is 9.90. The number of rotatable bonds is 7. The quantitative estimate of drug-likeness (QED) is 0.819. The van der Waals surface area contributed by atoms with Gasteiger partial charge in [-0.2, -0.15) is 0 Å². The Labute approximate surface area is 118 Å². The van der Waals surface area contributed by atoms with E-state index in [0.29, 0.717) is 26.0 Å². The van der Waals surface area contributed by atoms with Gasteiger partial charge in [0.1, 0.15) is 0 Å². The molecule has 0 aliphatic heterocycles. The number of hydrogen-bond donors (Lipinski definition) is 2. The minimum absolute atomic E-state index is 0.344. The molecule has 3 nitrogen and oxygen atoms in total. The Bertz CT molecular complexity index is 526. The van der Waals surface area contributed by atoms with Crippen molar-refractivity contribution >= 4 is 21.4 Å². The molecule has 0 aliphatic rings. The van der Waals surface area contributed by atoms with Gasteiger partial charge in [-0.1, -0.05) is 18.2 Å². The Balaban J connectivity index is 2.20. The monoisotopic (exact) mass is 279 g/mol. The van der Waals surface area contributed by atoms with Crippen LogP contribution in [-0.4, -0.2) is 31.0 Å². The van der Waals surface area contributed by atoms with Crippen LogP contribution in [0.25, 0.3) is 10.1 Å². The van der Waals surface area contributed by atoms with Gasteiger partial charge in [0.05, 0.1) is 12.2 Å². The summed E-state index contributed by atoms with van der Waals surface area (Å²) in [6, 6.07) is 8.29. The summed E-state index contributed by atoms with van der Waals surface area (Å²) >= 11 is 1.72. The van der Waals surface area contributed by atoms with Gasteiger partial charge in [0.25, 0.3) is 0 Å². The first-order valence-corrected chi connectivity index (χ1v) is 7.43. The summed E-state index contributed by atoms with van der Waals surface area (Å²) in [5.41, 5.74) is 5.92. The van der Waals surface area contributed by atoms with Gasteiger partial charge >= 0.3 is 0 Å². The van der Waals surface area contributed by atoms with Crippen molar-refractivity contribution in [3.8, 4) is 0 Å². The van der Waals surface area contributed by atoms with E-state index in [9.17, 15) is 5.11 Å². The fourth-order valence-corrected chi connectivity index (χ4v) is 3.40. The van der Waals surface area contributed by atoms with E-state index in [1.54, 1.807) is 18.4 Å². The van der Waals surface area contributed by atoms with E-state index in [0.717, 1.165) is 6.42 Å². The predicted molar refractivity (Wildman–Crippen MR) is 80.6 cm³/mol. The van der Waals surface area contributed by atoms with E-state index in [-0.39, 0.29) is 0 Å². The highest BCUT2D eigenvalue weighted by Gasteiger charge is 2.27. The van der Waals surface area contributed by atoms with Gasteiger partial charge in [0, 0.05) is 18.2 Å². The Kier molecular flexibility index (Phi) is 4.93. The summed E-state index contributed by atoms with van der Waals surface area (Å²) in [5.74, 6) is 0. The first kappa shape index (κ1) is 14.5. The van der Waals surface area contributed by atoms with Crippen molar-refractivity contribution < 1.29 is 9.84 Å². The van der Waals surface area contributed by atoms with Gasteiger partial charge in [0.2, 0.25) is 0 Å². The van der Waals surface area contributed by atoms with Crippen LogP contribution < -0.4 is 5.73 Å². The zero-order chi connectivity index (χ0) is 13.7. The fraction of sp³-hybridized carbons (Fsp3) is 0.467. The SMILES string of the molecule is COCC(O)(CCCN)Cc1csc2ccccc12. The molecule has 0 amide bonds. The van der Waals surface area contributed by atoms with Crippen LogP contribution >= 0.6 is 11.3 Å². The van der Waals surface area contributed by atoms with Gasteiger partial charge in [-0.05, 0) is 41.8 Å². The van der Waals surface area contributed by atoms with E-state index >= 15 is 0 Å². The van der Waals surface area contributed by atoms with E-state index in [1.807, 2.05) is 12.1 Å². The number of fused-ring (bicyclic) bond motifs is 1.